The molecule has 3 N–H and O–H groups in total. The average Bonchev–Trinajstić information content (AvgIpc) is 3.41. The topological polar surface area (TPSA) is 69.4 Å². The zero-order valence-electron chi connectivity index (χ0n) is 19.4. The van der Waals surface area contributed by atoms with Crippen LogP contribution < -0.4 is 5.32 Å². The van der Waals surface area contributed by atoms with E-state index < -0.39 is 0 Å². The Kier molecular flexibility index (Phi) is 5.50. The number of nitrogens with one attached hydrogen (secondary N) is 3. The van der Waals surface area contributed by atoms with E-state index in [2.05, 4.69) is 75.4 Å². The molecule has 2 aromatic heterocycles. The quantitative estimate of drug-likeness (QED) is 0.312. The van der Waals surface area contributed by atoms with E-state index in [4.69, 9.17) is 4.98 Å². The van der Waals surface area contributed by atoms with E-state index in [1.54, 1.807) is 0 Å². The zero-order valence-corrected chi connectivity index (χ0v) is 19.4. The Balaban J connectivity index is 0.00000229. The second kappa shape index (κ2) is 8.70. The van der Waals surface area contributed by atoms with Gasteiger partial charge in [0, 0.05) is 23.1 Å². The molecule has 1 aliphatic heterocycles. The maximum atomic E-state index is 4.70. The molecule has 5 heteroatoms. The van der Waals surface area contributed by atoms with Gasteiger partial charge in [-0.1, -0.05) is 38.5 Å². The van der Waals surface area contributed by atoms with Crippen LogP contribution in [0.5, 0.6) is 0 Å². The van der Waals surface area contributed by atoms with Gasteiger partial charge in [-0.05, 0) is 78.8 Å². The summed E-state index contributed by atoms with van der Waals surface area (Å²) in [5.74, 6) is 11.0. The molecule has 1 saturated heterocycles. The fourth-order valence-corrected chi connectivity index (χ4v) is 5.89. The van der Waals surface area contributed by atoms with Crippen LogP contribution in [0.25, 0.3) is 22.0 Å². The highest BCUT2D eigenvalue weighted by Gasteiger charge is 2.46. The van der Waals surface area contributed by atoms with Crippen molar-refractivity contribution in [1.82, 2.24) is 25.3 Å². The van der Waals surface area contributed by atoms with Gasteiger partial charge in [-0.3, -0.25) is 0 Å². The maximum absolute atomic E-state index is 4.70. The second-order valence-electron chi connectivity index (χ2n) is 10.6. The standard InChI is InChI=1S/C29H29N5.CH4/c1-17-2-5-22(10-17)28-31-16-27(34-28)21-8-7-19-11-18(3-6-20(19)12-21)4-9-24-15-30-29(32-24)26-14-23-13-25(23)33-26;/h3,6-8,11-12,15-17,22-23,25-26,33H,2,5,10,13-14H2,1H3,(H,30,32)(H,31,34);1H4/t17-,22+,23+,25+,26-;/m0./s1. The predicted octanol–water partition coefficient (Wildman–Crippen LogP) is 6.32. The van der Waals surface area contributed by atoms with E-state index in [1.165, 1.54) is 48.4 Å². The minimum atomic E-state index is 0. The van der Waals surface area contributed by atoms with Crippen LogP contribution in [0, 0.1) is 23.7 Å². The molecule has 3 aliphatic rings. The van der Waals surface area contributed by atoms with E-state index in [0.717, 1.165) is 40.4 Å². The Morgan fingerprint density at radius 1 is 0.857 bits per heavy atom. The van der Waals surface area contributed by atoms with Gasteiger partial charge >= 0.3 is 0 Å². The molecule has 5 nitrogen and oxygen atoms in total. The van der Waals surface area contributed by atoms with Crippen molar-refractivity contribution in [3.05, 3.63) is 71.7 Å². The molecule has 3 heterocycles. The van der Waals surface area contributed by atoms with Crippen LogP contribution in [0.2, 0.25) is 0 Å². The first-order chi connectivity index (χ1) is 16.7. The monoisotopic (exact) mass is 463 g/mol. The number of aromatic amines is 2. The van der Waals surface area contributed by atoms with E-state index in [0.29, 0.717) is 18.0 Å². The van der Waals surface area contributed by atoms with Crippen LogP contribution >= 0.6 is 0 Å². The predicted molar refractivity (Wildman–Crippen MR) is 141 cm³/mol. The maximum Gasteiger partial charge on any atom is 0.124 e. The lowest BCUT2D eigenvalue weighted by Crippen LogP contribution is -2.18. The van der Waals surface area contributed by atoms with E-state index in [9.17, 15) is 0 Å². The molecule has 0 radical (unpaired) electrons. The van der Waals surface area contributed by atoms with E-state index in [1.807, 2.05) is 12.4 Å². The van der Waals surface area contributed by atoms with Crippen LogP contribution in [0.3, 0.4) is 0 Å². The molecule has 178 valence electrons. The normalized spacial score (nSPS) is 26.7. The molecule has 2 saturated carbocycles. The summed E-state index contributed by atoms with van der Waals surface area (Å²) in [6.07, 6.45) is 10.2. The van der Waals surface area contributed by atoms with Gasteiger partial charge in [0.15, 0.2) is 0 Å². The summed E-state index contributed by atoms with van der Waals surface area (Å²) in [6.45, 7) is 2.34. The van der Waals surface area contributed by atoms with E-state index in [-0.39, 0.29) is 7.43 Å². The molecular weight excluding hydrogens is 430 g/mol. The lowest BCUT2D eigenvalue weighted by molar-refractivity contribution is 0.543. The lowest BCUT2D eigenvalue weighted by Gasteiger charge is -2.08. The van der Waals surface area contributed by atoms with E-state index >= 15 is 0 Å². The minimum absolute atomic E-state index is 0. The molecular formula is C30H33N5. The van der Waals surface area contributed by atoms with Gasteiger partial charge in [0.2, 0.25) is 0 Å². The number of hydrogen-bond acceptors (Lipinski definition) is 3. The molecule has 2 aliphatic carbocycles. The van der Waals surface area contributed by atoms with Crippen molar-refractivity contribution in [2.45, 2.75) is 64.5 Å². The SMILES string of the molecule is C.C[C@H]1CC[C@@H](c2ncc(-c3ccc4cc(C#Cc5cnc([C@@H]6C[C@H]7C[C@H]7N6)[nH]5)ccc4c3)[nH]2)C1. The smallest absolute Gasteiger partial charge is 0.124 e. The first-order valence-electron chi connectivity index (χ1n) is 12.6. The highest BCUT2D eigenvalue weighted by Crippen LogP contribution is 2.45. The number of fused-ring (bicyclic) bond motifs is 2. The lowest BCUT2D eigenvalue weighted by atomic mass is 10.0. The van der Waals surface area contributed by atoms with Crippen molar-refractivity contribution in [2.75, 3.05) is 0 Å². The zero-order chi connectivity index (χ0) is 22.6. The highest BCUT2D eigenvalue weighted by atomic mass is 15.1. The van der Waals surface area contributed by atoms with Crippen LogP contribution in [-0.4, -0.2) is 26.0 Å². The van der Waals surface area contributed by atoms with Crippen molar-refractivity contribution in [3.63, 3.8) is 0 Å². The summed E-state index contributed by atoms with van der Waals surface area (Å²) in [5, 5.41) is 6.04. The molecule has 3 fully saturated rings. The second-order valence-corrected chi connectivity index (χ2v) is 10.6. The highest BCUT2D eigenvalue weighted by molar-refractivity contribution is 5.88. The van der Waals surface area contributed by atoms with Gasteiger partial charge in [0.25, 0.3) is 0 Å². The first kappa shape index (κ1) is 22.1. The number of aromatic nitrogens is 4. The summed E-state index contributed by atoms with van der Waals surface area (Å²) < 4.78 is 0. The summed E-state index contributed by atoms with van der Waals surface area (Å²) in [4.78, 5) is 16.2. The van der Waals surface area contributed by atoms with Gasteiger partial charge in [-0.25, -0.2) is 9.97 Å². The van der Waals surface area contributed by atoms with Crippen molar-refractivity contribution in [1.29, 1.82) is 0 Å². The third-order valence-electron chi connectivity index (χ3n) is 7.97. The van der Waals surface area contributed by atoms with Crippen molar-refractivity contribution < 1.29 is 0 Å². The summed E-state index contributed by atoms with van der Waals surface area (Å²) in [6, 6.07) is 14.1. The fraction of sp³-hybridized carbons (Fsp3) is 0.400. The molecule has 35 heavy (non-hydrogen) atoms. The third-order valence-corrected chi connectivity index (χ3v) is 7.97. The van der Waals surface area contributed by atoms with Crippen molar-refractivity contribution in [3.8, 4) is 23.1 Å². The fourth-order valence-electron chi connectivity index (χ4n) is 5.89. The molecule has 2 aromatic carbocycles. The number of piperidine rings is 1. The Labute approximate surface area is 207 Å². The van der Waals surface area contributed by atoms with Gasteiger partial charge in [0.05, 0.1) is 24.1 Å². The van der Waals surface area contributed by atoms with Crippen LogP contribution in [0.4, 0.5) is 0 Å². The largest absolute Gasteiger partial charge is 0.342 e. The number of benzene rings is 2. The number of H-pyrrole nitrogens is 2. The molecule has 0 unspecified atom stereocenters. The molecule has 4 aromatic rings. The average molecular weight is 464 g/mol. The van der Waals surface area contributed by atoms with Gasteiger partial charge < -0.3 is 15.3 Å². The Hall–Kier alpha value is -3.36. The van der Waals surface area contributed by atoms with Crippen molar-refractivity contribution >= 4 is 10.8 Å². The minimum Gasteiger partial charge on any atom is -0.342 e. The Morgan fingerprint density at radius 2 is 1.71 bits per heavy atom. The molecule has 0 amide bonds. The third kappa shape index (κ3) is 4.28. The summed E-state index contributed by atoms with van der Waals surface area (Å²) in [5.41, 5.74) is 4.17. The van der Waals surface area contributed by atoms with Gasteiger partial charge in [-0.15, -0.1) is 0 Å². The molecule has 7 rings (SSSR count). The van der Waals surface area contributed by atoms with Crippen molar-refractivity contribution in [2.24, 2.45) is 11.8 Å². The molecule has 0 spiro atoms. The number of nitrogens with zero attached hydrogens (tertiary/aromatic N) is 2. The first-order valence-corrected chi connectivity index (χ1v) is 12.6. The molecule has 5 atom stereocenters. The molecule has 0 bridgehead atoms. The van der Waals surface area contributed by atoms with Crippen LogP contribution in [-0.2, 0) is 0 Å². The van der Waals surface area contributed by atoms with Crippen LogP contribution in [0.15, 0.2) is 48.8 Å². The Bertz CT molecular complexity index is 1420. The Morgan fingerprint density at radius 3 is 2.54 bits per heavy atom. The number of hydrogen-bond donors (Lipinski definition) is 3. The number of imidazole rings is 2. The van der Waals surface area contributed by atoms with Gasteiger partial charge in [0.1, 0.15) is 17.3 Å². The number of rotatable bonds is 3. The summed E-state index contributed by atoms with van der Waals surface area (Å²) in [7, 11) is 0. The summed E-state index contributed by atoms with van der Waals surface area (Å²) >= 11 is 0. The van der Waals surface area contributed by atoms with Crippen LogP contribution in [0.1, 0.15) is 81.3 Å². The van der Waals surface area contributed by atoms with Gasteiger partial charge in [-0.2, -0.15) is 0 Å².